The van der Waals surface area contributed by atoms with Crippen molar-refractivity contribution in [3.05, 3.63) is 30.1 Å². The number of piperidine rings is 1. The van der Waals surface area contributed by atoms with Gasteiger partial charge in [0.15, 0.2) is 0 Å². The Morgan fingerprint density at radius 2 is 2.24 bits per heavy atom. The molecule has 1 saturated heterocycles. The number of rotatable bonds is 2. The van der Waals surface area contributed by atoms with Gasteiger partial charge in [-0.3, -0.25) is 0 Å². The molecule has 1 N–H and O–H groups in total. The molecule has 0 saturated carbocycles. The largest absolute Gasteiger partial charge is 0.327 e. The Bertz CT molecular complexity index is 509. The lowest BCUT2D eigenvalue weighted by Crippen LogP contribution is -2.37. The van der Waals surface area contributed by atoms with Crippen LogP contribution < -0.4 is 5.32 Å². The average molecular weight is 229 g/mol. The van der Waals surface area contributed by atoms with Crippen molar-refractivity contribution < 1.29 is 0 Å². The lowest BCUT2D eigenvalue weighted by Gasteiger charge is -2.24. The third kappa shape index (κ3) is 2.07. The van der Waals surface area contributed by atoms with E-state index in [0.29, 0.717) is 6.04 Å². The van der Waals surface area contributed by atoms with E-state index in [-0.39, 0.29) is 0 Å². The van der Waals surface area contributed by atoms with E-state index in [0.717, 1.165) is 24.4 Å². The van der Waals surface area contributed by atoms with Crippen molar-refractivity contribution in [1.82, 2.24) is 14.9 Å². The zero-order valence-corrected chi connectivity index (χ0v) is 10.3. The van der Waals surface area contributed by atoms with E-state index in [1.807, 2.05) is 0 Å². The molecule has 17 heavy (non-hydrogen) atoms. The molecular weight excluding hydrogens is 210 g/mol. The first-order chi connectivity index (χ1) is 8.34. The number of nitrogens with one attached hydrogen (secondary N) is 1. The summed E-state index contributed by atoms with van der Waals surface area (Å²) in [5.41, 5.74) is 2.37. The number of hydrogen-bond acceptors (Lipinski definition) is 2. The van der Waals surface area contributed by atoms with Crippen molar-refractivity contribution in [1.29, 1.82) is 0 Å². The van der Waals surface area contributed by atoms with Crippen LogP contribution >= 0.6 is 0 Å². The second-order valence-electron chi connectivity index (χ2n) is 4.91. The fourth-order valence-electron chi connectivity index (χ4n) is 2.73. The zero-order chi connectivity index (χ0) is 11.7. The van der Waals surface area contributed by atoms with Crippen LogP contribution in [0.5, 0.6) is 0 Å². The molecule has 1 aliphatic heterocycles. The van der Waals surface area contributed by atoms with E-state index in [1.54, 1.807) is 0 Å². The Kier molecular flexibility index (Phi) is 2.85. The van der Waals surface area contributed by atoms with Gasteiger partial charge < -0.3 is 9.88 Å². The Morgan fingerprint density at radius 1 is 1.35 bits per heavy atom. The summed E-state index contributed by atoms with van der Waals surface area (Å²) in [7, 11) is 0. The standard InChI is InChI=1S/C14H19N3/c1-11-16-13-7-2-3-8-14(13)17(11)10-12-6-4-5-9-15-12/h2-3,7-8,12,15H,4-6,9-10H2,1H3/t12-/m0/s1. The third-order valence-corrected chi connectivity index (χ3v) is 3.66. The summed E-state index contributed by atoms with van der Waals surface area (Å²) in [4.78, 5) is 4.61. The van der Waals surface area contributed by atoms with Crippen LogP contribution in [-0.2, 0) is 6.54 Å². The first-order valence-corrected chi connectivity index (χ1v) is 6.50. The van der Waals surface area contributed by atoms with Crippen LogP contribution in [0.25, 0.3) is 11.0 Å². The number of benzene rings is 1. The van der Waals surface area contributed by atoms with Gasteiger partial charge in [-0.25, -0.2) is 4.98 Å². The van der Waals surface area contributed by atoms with Gasteiger partial charge in [0.1, 0.15) is 5.82 Å². The van der Waals surface area contributed by atoms with Crippen LogP contribution in [0.1, 0.15) is 25.1 Å². The molecule has 1 fully saturated rings. The van der Waals surface area contributed by atoms with Gasteiger partial charge in [0.2, 0.25) is 0 Å². The van der Waals surface area contributed by atoms with Gasteiger partial charge in [-0.15, -0.1) is 0 Å². The van der Waals surface area contributed by atoms with E-state index in [1.165, 1.54) is 24.8 Å². The van der Waals surface area contributed by atoms with Crippen molar-refractivity contribution >= 4 is 11.0 Å². The molecule has 3 rings (SSSR count). The molecule has 1 aromatic carbocycles. The maximum absolute atomic E-state index is 4.61. The summed E-state index contributed by atoms with van der Waals surface area (Å²) in [6.45, 7) is 4.31. The number of nitrogens with zero attached hydrogens (tertiary/aromatic N) is 2. The normalized spacial score (nSPS) is 20.9. The molecule has 90 valence electrons. The highest BCUT2D eigenvalue weighted by Gasteiger charge is 2.15. The van der Waals surface area contributed by atoms with Gasteiger partial charge in [-0.1, -0.05) is 18.6 Å². The van der Waals surface area contributed by atoms with Gasteiger partial charge in [0.05, 0.1) is 11.0 Å². The smallest absolute Gasteiger partial charge is 0.106 e. The number of aryl methyl sites for hydroxylation is 1. The maximum Gasteiger partial charge on any atom is 0.106 e. The summed E-state index contributed by atoms with van der Waals surface area (Å²) in [5.74, 6) is 1.12. The van der Waals surface area contributed by atoms with Crippen LogP contribution in [0.15, 0.2) is 24.3 Å². The van der Waals surface area contributed by atoms with Crippen molar-refractivity contribution in [2.45, 2.75) is 38.8 Å². The van der Waals surface area contributed by atoms with Gasteiger partial charge >= 0.3 is 0 Å². The second-order valence-corrected chi connectivity index (χ2v) is 4.91. The molecule has 1 aromatic heterocycles. The molecule has 3 heteroatoms. The second kappa shape index (κ2) is 4.49. The number of imidazole rings is 1. The van der Waals surface area contributed by atoms with Crippen LogP contribution in [0, 0.1) is 6.92 Å². The average Bonchev–Trinajstić information content (AvgIpc) is 2.68. The van der Waals surface area contributed by atoms with Crippen molar-refractivity contribution in [2.75, 3.05) is 6.54 Å². The van der Waals surface area contributed by atoms with Gasteiger partial charge in [-0.05, 0) is 38.4 Å². The number of para-hydroxylation sites is 2. The highest BCUT2D eigenvalue weighted by atomic mass is 15.1. The van der Waals surface area contributed by atoms with Crippen molar-refractivity contribution in [2.24, 2.45) is 0 Å². The van der Waals surface area contributed by atoms with Crippen LogP contribution in [-0.4, -0.2) is 22.1 Å². The SMILES string of the molecule is Cc1nc2ccccc2n1C[C@@H]1CCCCN1. The Morgan fingerprint density at radius 3 is 3.06 bits per heavy atom. The third-order valence-electron chi connectivity index (χ3n) is 3.66. The molecular formula is C14H19N3. The Labute approximate surface area is 102 Å². The van der Waals surface area contributed by atoms with Crippen LogP contribution in [0.2, 0.25) is 0 Å². The summed E-state index contributed by atoms with van der Waals surface area (Å²) in [6.07, 6.45) is 3.95. The van der Waals surface area contributed by atoms with Crippen LogP contribution in [0.4, 0.5) is 0 Å². The quantitative estimate of drug-likeness (QED) is 0.857. The number of fused-ring (bicyclic) bond motifs is 1. The van der Waals surface area contributed by atoms with E-state index >= 15 is 0 Å². The van der Waals surface area contributed by atoms with E-state index in [4.69, 9.17) is 0 Å². The summed E-state index contributed by atoms with van der Waals surface area (Å²) in [6, 6.07) is 9.01. The summed E-state index contributed by atoms with van der Waals surface area (Å²) < 4.78 is 2.35. The van der Waals surface area contributed by atoms with Crippen molar-refractivity contribution in [3.63, 3.8) is 0 Å². The molecule has 3 nitrogen and oxygen atoms in total. The first-order valence-electron chi connectivity index (χ1n) is 6.50. The van der Waals surface area contributed by atoms with Crippen LogP contribution in [0.3, 0.4) is 0 Å². The molecule has 1 atom stereocenters. The first kappa shape index (κ1) is 10.8. The molecule has 0 amide bonds. The molecule has 2 heterocycles. The minimum absolute atomic E-state index is 0.611. The lowest BCUT2D eigenvalue weighted by atomic mass is 10.1. The minimum atomic E-state index is 0.611. The topological polar surface area (TPSA) is 29.9 Å². The number of hydrogen-bond donors (Lipinski definition) is 1. The molecule has 0 bridgehead atoms. The molecule has 1 aliphatic rings. The molecule has 2 aromatic rings. The minimum Gasteiger partial charge on any atom is -0.327 e. The van der Waals surface area contributed by atoms with Gasteiger partial charge in [0.25, 0.3) is 0 Å². The number of aromatic nitrogens is 2. The zero-order valence-electron chi connectivity index (χ0n) is 10.3. The fraction of sp³-hybridized carbons (Fsp3) is 0.500. The predicted octanol–water partition coefficient (Wildman–Crippen LogP) is 2.49. The van der Waals surface area contributed by atoms with E-state index in [2.05, 4.69) is 46.1 Å². The van der Waals surface area contributed by atoms with Gasteiger partial charge in [0, 0.05) is 12.6 Å². The molecule has 0 radical (unpaired) electrons. The van der Waals surface area contributed by atoms with Gasteiger partial charge in [-0.2, -0.15) is 0 Å². The van der Waals surface area contributed by atoms with E-state index in [9.17, 15) is 0 Å². The Balaban J connectivity index is 1.90. The highest BCUT2D eigenvalue weighted by Crippen LogP contribution is 2.18. The molecule has 0 spiro atoms. The summed E-state index contributed by atoms with van der Waals surface area (Å²) >= 11 is 0. The molecule has 0 unspecified atom stereocenters. The fourth-order valence-corrected chi connectivity index (χ4v) is 2.73. The Hall–Kier alpha value is -1.35. The highest BCUT2D eigenvalue weighted by molar-refractivity contribution is 5.75. The lowest BCUT2D eigenvalue weighted by molar-refractivity contribution is 0.364. The van der Waals surface area contributed by atoms with E-state index < -0.39 is 0 Å². The summed E-state index contributed by atoms with van der Waals surface area (Å²) in [5, 5.41) is 3.60. The molecule has 0 aliphatic carbocycles. The monoisotopic (exact) mass is 229 g/mol. The predicted molar refractivity (Wildman–Crippen MR) is 70.1 cm³/mol. The van der Waals surface area contributed by atoms with Crippen molar-refractivity contribution in [3.8, 4) is 0 Å². The maximum atomic E-state index is 4.61.